The summed E-state index contributed by atoms with van der Waals surface area (Å²) in [5.41, 5.74) is 2.27. The Morgan fingerprint density at radius 3 is 2.34 bits per heavy atom. The molecule has 0 spiro atoms. The molecule has 2 N–H and O–H groups in total. The van der Waals surface area contributed by atoms with Crippen LogP contribution in [0.3, 0.4) is 0 Å². The van der Waals surface area contributed by atoms with Gasteiger partial charge in [-0.1, -0.05) is 54.9 Å². The Morgan fingerprint density at radius 2 is 1.76 bits per heavy atom. The van der Waals surface area contributed by atoms with Crippen molar-refractivity contribution in [1.29, 1.82) is 0 Å². The number of aryl methyl sites for hydroxylation is 1. The van der Waals surface area contributed by atoms with Crippen molar-refractivity contribution in [1.82, 2.24) is 10.2 Å². The van der Waals surface area contributed by atoms with Crippen LogP contribution in [0, 0.1) is 0 Å². The highest BCUT2D eigenvalue weighted by Crippen LogP contribution is 2.25. The predicted molar refractivity (Wildman–Crippen MR) is 114 cm³/mol. The number of amides is 2. The summed E-state index contributed by atoms with van der Waals surface area (Å²) in [6.07, 6.45) is 1.21. The normalized spacial score (nSPS) is 16.1. The van der Waals surface area contributed by atoms with E-state index in [-0.39, 0.29) is 24.3 Å². The van der Waals surface area contributed by atoms with E-state index in [1.165, 1.54) is 5.56 Å². The number of nitrogens with one attached hydrogen (secondary N) is 1. The van der Waals surface area contributed by atoms with Gasteiger partial charge in [0.1, 0.15) is 0 Å². The second-order valence-corrected chi connectivity index (χ2v) is 8.19. The highest BCUT2D eigenvalue weighted by Gasteiger charge is 2.46. The van der Waals surface area contributed by atoms with Gasteiger partial charge in [0.2, 0.25) is 11.8 Å². The fourth-order valence-corrected chi connectivity index (χ4v) is 3.83. The average Bonchev–Trinajstić information content (AvgIpc) is 2.70. The third-order valence-corrected chi connectivity index (χ3v) is 5.89. The number of nitrogens with zero attached hydrogens (tertiary/aromatic N) is 1. The molecule has 1 aliphatic rings. The van der Waals surface area contributed by atoms with Crippen molar-refractivity contribution in [3.05, 3.63) is 70.2 Å². The van der Waals surface area contributed by atoms with Crippen LogP contribution < -0.4 is 5.32 Å². The minimum atomic E-state index is -0.780. The van der Waals surface area contributed by atoms with E-state index in [1.54, 1.807) is 17.0 Å². The number of hydrogen-bond donors (Lipinski definition) is 2. The van der Waals surface area contributed by atoms with Gasteiger partial charge < -0.3 is 15.3 Å². The molecule has 5 nitrogen and oxygen atoms in total. The minimum Gasteiger partial charge on any atom is -0.394 e. The van der Waals surface area contributed by atoms with Gasteiger partial charge >= 0.3 is 0 Å². The molecule has 1 atom stereocenters. The van der Waals surface area contributed by atoms with Gasteiger partial charge in [-0.3, -0.25) is 9.59 Å². The largest absolute Gasteiger partial charge is 0.394 e. The van der Waals surface area contributed by atoms with Crippen molar-refractivity contribution >= 4 is 23.4 Å². The molecule has 2 amide bonds. The quantitative estimate of drug-likeness (QED) is 0.731. The maximum Gasteiger partial charge on any atom is 0.227 e. The molecule has 1 saturated heterocycles. The van der Waals surface area contributed by atoms with Crippen molar-refractivity contribution < 1.29 is 14.7 Å². The second kappa shape index (κ2) is 8.97. The second-order valence-electron chi connectivity index (χ2n) is 7.75. The van der Waals surface area contributed by atoms with Gasteiger partial charge in [0, 0.05) is 18.1 Å². The Kier molecular flexibility index (Phi) is 6.60. The summed E-state index contributed by atoms with van der Waals surface area (Å²) in [7, 11) is 0. The smallest absolute Gasteiger partial charge is 0.227 e. The fraction of sp³-hybridized carbons (Fsp3) is 0.391. The molecular weight excluding hydrogens is 388 g/mol. The molecule has 29 heavy (non-hydrogen) atoms. The van der Waals surface area contributed by atoms with Crippen LogP contribution >= 0.6 is 11.6 Å². The minimum absolute atomic E-state index is 0.00923. The van der Waals surface area contributed by atoms with Crippen molar-refractivity contribution in [2.45, 2.75) is 38.1 Å². The lowest BCUT2D eigenvalue weighted by Gasteiger charge is -2.49. The Balaban J connectivity index is 1.59. The lowest BCUT2D eigenvalue weighted by molar-refractivity contribution is -0.144. The fourth-order valence-electron chi connectivity index (χ4n) is 3.70. The molecule has 1 heterocycles. The lowest BCUT2D eigenvalue weighted by Crippen LogP contribution is -2.73. The van der Waals surface area contributed by atoms with Crippen LogP contribution in [0.1, 0.15) is 36.5 Å². The Bertz CT molecular complexity index is 876. The summed E-state index contributed by atoms with van der Waals surface area (Å²) in [5, 5.41) is 13.4. The molecule has 0 radical (unpaired) electrons. The number of hydrogen-bond acceptors (Lipinski definition) is 3. The predicted octanol–water partition coefficient (Wildman–Crippen LogP) is 2.94. The molecule has 1 aliphatic heterocycles. The molecule has 0 aliphatic carbocycles. The molecular formula is C23H27ClN2O3. The van der Waals surface area contributed by atoms with Crippen LogP contribution in [-0.4, -0.2) is 47.1 Å². The molecule has 2 aromatic rings. The molecule has 1 unspecified atom stereocenters. The maximum absolute atomic E-state index is 12.7. The highest BCUT2D eigenvalue weighted by atomic mass is 35.5. The zero-order valence-corrected chi connectivity index (χ0v) is 17.6. The molecule has 1 fully saturated rings. The molecule has 6 heteroatoms. The number of aliphatic hydroxyl groups excluding tert-OH is 1. The number of carbonyl (C=O) groups excluding carboxylic acids is 2. The van der Waals surface area contributed by atoms with E-state index in [9.17, 15) is 14.7 Å². The summed E-state index contributed by atoms with van der Waals surface area (Å²) in [5.74, 6) is -0.545. The van der Waals surface area contributed by atoms with Crippen LogP contribution in [0.5, 0.6) is 0 Å². The number of rotatable bonds is 7. The first-order valence-electron chi connectivity index (χ1n) is 9.90. The third kappa shape index (κ3) is 4.80. The van der Waals surface area contributed by atoms with Crippen LogP contribution in [0.2, 0.25) is 5.02 Å². The summed E-state index contributed by atoms with van der Waals surface area (Å²) < 4.78 is 0. The standard InChI is InChI=1S/C23H27ClN2O3/c1-3-17-6-4-5-7-19(17)12-21(28)26-13-23(14-26,15-27)25-22(29)16(2)18-8-10-20(24)11-9-18/h4-11,16,27H,3,12-15H2,1-2H3,(H,25,29). The zero-order valence-electron chi connectivity index (χ0n) is 16.8. The van der Waals surface area contributed by atoms with Crippen LogP contribution in [-0.2, 0) is 22.4 Å². The van der Waals surface area contributed by atoms with Gasteiger partial charge in [0.15, 0.2) is 0 Å². The summed E-state index contributed by atoms with van der Waals surface area (Å²) in [6.45, 7) is 4.31. The van der Waals surface area contributed by atoms with Crippen LogP contribution in [0.4, 0.5) is 0 Å². The van der Waals surface area contributed by atoms with Crippen molar-refractivity contribution in [3.63, 3.8) is 0 Å². The zero-order chi connectivity index (χ0) is 21.0. The van der Waals surface area contributed by atoms with Gasteiger partial charge in [-0.05, 0) is 42.2 Å². The van der Waals surface area contributed by atoms with E-state index in [4.69, 9.17) is 11.6 Å². The number of halogens is 1. The van der Waals surface area contributed by atoms with E-state index >= 15 is 0 Å². The Morgan fingerprint density at radius 1 is 1.14 bits per heavy atom. The first-order valence-corrected chi connectivity index (χ1v) is 10.3. The van der Waals surface area contributed by atoms with Crippen LogP contribution in [0.25, 0.3) is 0 Å². The average molecular weight is 415 g/mol. The molecule has 0 saturated carbocycles. The van der Waals surface area contributed by atoms with Crippen LogP contribution in [0.15, 0.2) is 48.5 Å². The number of carbonyl (C=O) groups is 2. The van der Waals surface area contributed by atoms with E-state index in [1.807, 2.05) is 43.3 Å². The van der Waals surface area contributed by atoms with Crippen molar-refractivity contribution in [3.8, 4) is 0 Å². The maximum atomic E-state index is 12.7. The van der Waals surface area contributed by atoms with Gasteiger partial charge in [0.25, 0.3) is 0 Å². The van der Waals surface area contributed by atoms with Crippen molar-refractivity contribution in [2.75, 3.05) is 19.7 Å². The van der Waals surface area contributed by atoms with E-state index in [2.05, 4.69) is 12.2 Å². The van der Waals surface area contributed by atoms with Gasteiger partial charge in [-0.25, -0.2) is 0 Å². The summed E-state index contributed by atoms with van der Waals surface area (Å²) in [4.78, 5) is 27.0. The first-order chi connectivity index (χ1) is 13.9. The lowest BCUT2D eigenvalue weighted by atomic mass is 9.88. The van der Waals surface area contributed by atoms with Gasteiger partial charge in [-0.2, -0.15) is 0 Å². The summed E-state index contributed by atoms with van der Waals surface area (Å²) in [6, 6.07) is 15.1. The highest BCUT2D eigenvalue weighted by molar-refractivity contribution is 6.30. The Labute approximate surface area is 176 Å². The van der Waals surface area contributed by atoms with E-state index in [0.717, 1.165) is 17.5 Å². The molecule has 2 aromatic carbocycles. The molecule has 154 valence electrons. The number of aliphatic hydroxyl groups is 1. The SMILES string of the molecule is CCc1ccccc1CC(=O)N1CC(CO)(NC(=O)C(C)c2ccc(Cl)cc2)C1. The molecule has 0 aromatic heterocycles. The van der Waals surface area contributed by atoms with Gasteiger partial charge in [0.05, 0.1) is 24.5 Å². The monoisotopic (exact) mass is 414 g/mol. The van der Waals surface area contributed by atoms with E-state index < -0.39 is 5.54 Å². The summed E-state index contributed by atoms with van der Waals surface area (Å²) >= 11 is 5.91. The topological polar surface area (TPSA) is 69.6 Å². The Hall–Kier alpha value is -2.37. The number of benzene rings is 2. The molecule has 3 rings (SSSR count). The molecule has 0 bridgehead atoms. The van der Waals surface area contributed by atoms with Crippen molar-refractivity contribution in [2.24, 2.45) is 0 Å². The van der Waals surface area contributed by atoms with E-state index in [0.29, 0.717) is 24.5 Å². The first kappa shape index (κ1) is 21.3. The van der Waals surface area contributed by atoms with Gasteiger partial charge in [-0.15, -0.1) is 0 Å². The number of likely N-dealkylation sites (tertiary alicyclic amines) is 1. The third-order valence-electron chi connectivity index (χ3n) is 5.64.